The molecule has 0 heterocycles. The first kappa shape index (κ1) is 12.0. The number of hydrogen-bond acceptors (Lipinski definition) is 1. The summed E-state index contributed by atoms with van der Waals surface area (Å²) in [5.74, 6) is 1.72. The Bertz CT molecular complexity index is 417. The molecule has 3 rings (SSSR count). The van der Waals surface area contributed by atoms with Crippen molar-refractivity contribution in [2.45, 2.75) is 44.6 Å². The van der Waals surface area contributed by atoms with E-state index in [1.807, 2.05) is 0 Å². The van der Waals surface area contributed by atoms with Crippen LogP contribution in [0.5, 0.6) is 0 Å². The summed E-state index contributed by atoms with van der Waals surface area (Å²) in [5, 5.41) is 3.62. The molecule has 1 fully saturated rings. The molecule has 2 aliphatic rings. The Kier molecular flexibility index (Phi) is 3.80. The van der Waals surface area contributed by atoms with Gasteiger partial charge in [-0.25, -0.2) is 0 Å². The Morgan fingerprint density at radius 3 is 2.83 bits per heavy atom. The van der Waals surface area contributed by atoms with Crippen molar-refractivity contribution >= 4 is 0 Å². The second-order valence-electron chi connectivity index (χ2n) is 5.80. The summed E-state index contributed by atoms with van der Waals surface area (Å²) in [4.78, 5) is 0. The predicted octanol–water partition coefficient (Wildman–Crippen LogP) is 4.01. The van der Waals surface area contributed by atoms with Crippen LogP contribution in [0, 0.1) is 5.92 Å². The van der Waals surface area contributed by atoms with Crippen LogP contribution in [0.1, 0.15) is 49.1 Å². The zero-order valence-electron chi connectivity index (χ0n) is 11.1. The molecule has 1 nitrogen and oxygen atoms in total. The van der Waals surface area contributed by atoms with Crippen molar-refractivity contribution in [1.29, 1.82) is 0 Å². The SMILES string of the molecule is C1=CCC(CNCc2cccc(C3CC3)c2)CC1. The summed E-state index contributed by atoms with van der Waals surface area (Å²) in [7, 11) is 0. The quantitative estimate of drug-likeness (QED) is 0.768. The smallest absolute Gasteiger partial charge is 0.0205 e. The van der Waals surface area contributed by atoms with Crippen LogP contribution in [-0.4, -0.2) is 6.54 Å². The summed E-state index contributed by atoms with van der Waals surface area (Å²) in [6.45, 7) is 2.19. The first-order valence-corrected chi connectivity index (χ1v) is 7.36. The lowest BCUT2D eigenvalue weighted by atomic mass is 9.94. The van der Waals surface area contributed by atoms with Crippen molar-refractivity contribution in [2.75, 3.05) is 6.54 Å². The minimum Gasteiger partial charge on any atom is -0.312 e. The van der Waals surface area contributed by atoms with Gasteiger partial charge in [0.15, 0.2) is 0 Å². The molecule has 18 heavy (non-hydrogen) atoms. The van der Waals surface area contributed by atoms with E-state index in [-0.39, 0.29) is 0 Å². The molecular weight excluding hydrogens is 218 g/mol. The van der Waals surface area contributed by atoms with Gasteiger partial charge in [-0.15, -0.1) is 0 Å². The van der Waals surface area contributed by atoms with Gasteiger partial charge in [0.2, 0.25) is 0 Å². The summed E-state index contributed by atoms with van der Waals surface area (Å²) in [5.41, 5.74) is 3.00. The van der Waals surface area contributed by atoms with E-state index in [0.29, 0.717) is 0 Å². The van der Waals surface area contributed by atoms with E-state index >= 15 is 0 Å². The summed E-state index contributed by atoms with van der Waals surface area (Å²) < 4.78 is 0. The van der Waals surface area contributed by atoms with Crippen molar-refractivity contribution < 1.29 is 0 Å². The molecule has 0 bridgehead atoms. The van der Waals surface area contributed by atoms with Gasteiger partial charge in [0.1, 0.15) is 0 Å². The molecule has 0 spiro atoms. The molecule has 1 saturated carbocycles. The lowest BCUT2D eigenvalue weighted by Crippen LogP contribution is -2.23. The fourth-order valence-electron chi connectivity index (χ4n) is 2.84. The van der Waals surface area contributed by atoms with Gasteiger partial charge in [-0.3, -0.25) is 0 Å². The van der Waals surface area contributed by atoms with Crippen LogP contribution in [-0.2, 0) is 6.54 Å². The van der Waals surface area contributed by atoms with Crippen LogP contribution in [0.15, 0.2) is 36.4 Å². The second kappa shape index (κ2) is 5.71. The third kappa shape index (κ3) is 3.23. The Morgan fingerprint density at radius 1 is 1.11 bits per heavy atom. The maximum atomic E-state index is 3.62. The summed E-state index contributed by atoms with van der Waals surface area (Å²) in [6.07, 6.45) is 11.3. The topological polar surface area (TPSA) is 12.0 Å². The van der Waals surface area contributed by atoms with Gasteiger partial charge < -0.3 is 5.32 Å². The Labute approximate surface area is 110 Å². The molecular formula is C17H23N. The Hall–Kier alpha value is -1.08. The van der Waals surface area contributed by atoms with E-state index in [1.54, 1.807) is 5.56 Å². The van der Waals surface area contributed by atoms with E-state index in [9.17, 15) is 0 Å². The third-order valence-corrected chi connectivity index (χ3v) is 4.14. The molecule has 1 aromatic rings. The summed E-state index contributed by atoms with van der Waals surface area (Å²) >= 11 is 0. The number of allylic oxidation sites excluding steroid dienone is 2. The van der Waals surface area contributed by atoms with Gasteiger partial charge in [-0.1, -0.05) is 36.4 Å². The van der Waals surface area contributed by atoms with Crippen molar-refractivity contribution in [2.24, 2.45) is 5.92 Å². The molecule has 2 aliphatic carbocycles. The molecule has 96 valence electrons. The zero-order valence-corrected chi connectivity index (χ0v) is 11.1. The van der Waals surface area contributed by atoms with Crippen LogP contribution in [0.3, 0.4) is 0 Å². The first-order valence-electron chi connectivity index (χ1n) is 7.36. The maximum absolute atomic E-state index is 3.62. The van der Waals surface area contributed by atoms with Gasteiger partial charge in [-0.05, 0) is 61.6 Å². The molecule has 1 heteroatoms. The second-order valence-corrected chi connectivity index (χ2v) is 5.80. The third-order valence-electron chi connectivity index (χ3n) is 4.14. The number of rotatable bonds is 5. The Morgan fingerprint density at radius 2 is 2.06 bits per heavy atom. The van der Waals surface area contributed by atoms with E-state index in [0.717, 1.165) is 24.9 Å². The van der Waals surface area contributed by atoms with Gasteiger partial charge in [0.25, 0.3) is 0 Å². The fourth-order valence-corrected chi connectivity index (χ4v) is 2.84. The van der Waals surface area contributed by atoms with Crippen molar-refractivity contribution in [1.82, 2.24) is 5.32 Å². The Balaban J connectivity index is 1.47. The van der Waals surface area contributed by atoms with E-state index in [2.05, 4.69) is 41.7 Å². The molecule has 0 amide bonds. The minimum absolute atomic E-state index is 0.849. The van der Waals surface area contributed by atoms with Crippen LogP contribution < -0.4 is 5.32 Å². The average Bonchev–Trinajstić information content (AvgIpc) is 3.25. The van der Waals surface area contributed by atoms with Gasteiger partial charge in [-0.2, -0.15) is 0 Å². The highest BCUT2D eigenvalue weighted by molar-refractivity contribution is 5.29. The van der Waals surface area contributed by atoms with Crippen molar-refractivity contribution in [3.8, 4) is 0 Å². The highest BCUT2D eigenvalue weighted by atomic mass is 14.9. The highest BCUT2D eigenvalue weighted by Crippen LogP contribution is 2.40. The lowest BCUT2D eigenvalue weighted by molar-refractivity contribution is 0.440. The zero-order chi connectivity index (χ0) is 12.2. The molecule has 0 aliphatic heterocycles. The molecule has 0 radical (unpaired) electrons. The largest absolute Gasteiger partial charge is 0.312 e. The predicted molar refractivity (Wildman–Crippen MR) is 76.6 cm³/mol. The number of nitrogens with one attached hydrogen (secondary N) is 1. The average molecular weight is 241 g/mol. The van der Waals surface area contributed by atoms with Gasteiger partial charge >= 0.3 is 0 Å². The van der Waals surface area contributed by atoms with Gasteiger partial charge in [0.05, 0.1) is 0 Å². The molecule has 1 aromatic carbocycles. The maximum Gasteiger partial charge on any atom is 0.0205 e. The highest BCUT2D eigenvalue weighted by Gasteiger charge is 2.23. The minimum atomic E-state index is 0.849. The van der Waals surface area contributed by atoms with E-state index in [1.165, 1.54) is 37.7 Å². The monoisotopic (exact) mass is 241 g/mol. The van der Waals surface area contributed by atoms with Crippen LogP contribution in [0.4, 0.5) is 0 Å². The van der Waals surface area contributed by atoms with Gasteiger partial charge in [0, 0.05) is 6.54 Å². The van der Waals surface area contributed by atoms with Crippen molar-refractivity contribution in [3.05, 3.63) is 47.5 Å². The first-order chi connectivity index (χ1) is 8.92. The molecule has 0 saturated heterocycles. The molecule has 0 aromatic heterocycles. The standard InChI is InChI=1S/C17H23N/c1-2-5-14(6-3-1)12-18-13-15-7-4-8-17(11-15)16-9-10-16/h1-2,4,7-8,11,14,16,18H,3,5-6,9-10,12-13H2. The van der Waals surface area contributed by atoms with Crippen molar-refractivity contribution in [3.63, 3.8) is 0 Å². The van der Waals surface area contributed by atoms with Crippen LogP contribution in [0.2, 0.25) is 0 Å². The molecule has 1 unspecified atom stereocenters. The van der Waals surface area contributed by atoms with Crippen LogP contribution >= 0.6 is 0 Å². The summed E-state index contributed by atoms with van der Waals surface area (Å²) in [6, 6.07) is 9.15. The fraction of sp³-hybridized carbons (Fsp3) is 0.529. The molecule has 1 atom stereocenters. The number of benzene rings is 1. The lowest BCUT2D eigenvalue weighted by Gasteiger charge is -2.18. The van der Waals surface area contributed by atoms with Crippen LogP contribution in [0.25, 0.3) is 0 Å². The normalized spacial score (nSPS) is 23.2. The molecule has 1 N–H and O–H groups in total. The number of hydrogen-bond donors (Lipinski definition) is 1. The van der Waals surface area contributed by atoms with E-state index in [4.69, 9.17) is 0 Å². The van der Waals surface area contributed by atoms with E-state index < -0.39 is 0 Å².